The molecule has 2 aliphatic heterocycles. The maximum atomic E-state index is 12.6. The summed E-state index contributed by atoms with van der Waals surface area (Å²) >= 11 is 0. The molecule has 3 aromatic rings. The minimum absolute atomic E-state index is 0.288. The van der Waals surface area contributed by atoms with Crippen molar-refractivity contribution in [3.05, 3.63) is 47.2 Å². The minimum Gasteiger partial charge on any atom is -0.444 e. The third-order valence-corrected chi connectivity index (χ3v) is 5.37. The predicted molar refractivity (Wildman–Crippen MR) is 107 cm³/mol. The molecule has 7 heteroatoms. The third kappa shape index (κ3) is 3.10. The molecule has 0 atom stereocenters. The van der Waals surface area contributed by atoms with E-state index in [1.165, 1.54) is 0 Å². The smallest absolute Gasteiger partial charge is 0.410 e. The summed E-state index contributed by atoms with van der Waals surface area (Å²) in [5, 5.41) is 9.21. The highest BCUT2D eigenvalue weighted by atomic mass is 16.6. The molecule has 2 aromatic heterocycles. The standard InChI is InChI=1S/C22H24N4O3/c1-22(2,3)28-21(27)25-11-10-17-16(13-25)19-18-15(9-12-26(19)23-17)20(29-24-18)14-7-5-4-6-8-14/h4-8H,9-13H2,1-3H3. The molecule has 150 valence electrons. The number of nitrogens with zero attached hydrogens (tertiary/aromatic N) is 4. The largest absolute Gasteiger partial charge is 0.444 e. The van der Waals surface area contributed by atoms with Gasteiger partial charge >= 0.3 is 6.09 Å². The molecule has 0 saturated heterocycles. The van der Waals surface area contributed by atoms with Crippen LogP contribution in [0.4, 0.5) is 4.79 Å². The van der Waals surface area contributed by atoms with Gasteiger partial charge < -0.3 is 14.2 Å². The van der Waals surface area contributed by atoms with E-state index in [4.69, 9.17) is 14.4 Å². The molecule has 5 rings (SSSR count). The van der Waals surface area contributed by atoms with Crippen LogP contribution in [0.5, 0.6) is 0 Å². The predicted octanol–water partition coefficient (Wildman–Crippen LogP) is 4.05. The van der Waals surface area contributed by atoms with Crippen LogP contribution in [-0.4, -0.2) is 38.1 Å². The number of benzene rings is 1. The topological polar surface area (TPSA) is 73.4 Å². The van der Waals surface area contributed by atoms with Crippen molar-refractivity contribution in [1.29, 1.82) is 0 Å². The second-order valence-corrected chi connectivity index (χ2v) is 8.60. The van der Waals surface area contributed by atoms with Crippen molar-refractivity contribution in [2.45, 2.75) is 52.3 Å². The summed E-state index contributed by atoms with van der Waals surface area (Å²) in [4.78, 5) is 14.3. The van der Waals surface area contributed by atoms with E-state index in [9.17, 15) is 4.79 Å². The van der Waals surface area contributed by atoms with Crippen molar-refractivity contribution in [2.75, 3.05) is 6.54 Å². The fourth-order valence-corrected chi connectivity index (χ4v) is 4.10. The molecular formula is C22H24N4O3. The highest BCUT2D eigenvalue weighted by Gasteiger charge is 2.34. The first-order valence-corrected chi connectivity index (χ1v) is 10.0. The summed E-state index contributed by atoms with van der Waals surface area (Å²) in [5.74, 6) is 0.821. The van der Waals surface area contributed by atoms with Crippen LogP contribution in [0.25, 0.3) is 22.7 Å². The van der Waals surface area contributed by atoms with Crippen LogP contribution >= 0.6 is 0 Å². The Balaban J connectivity index is 1.51. The molecule has 0 saturated carbocycles. The Morgan fingerprint density at radius 3 is 2.66 bits per heavy atom. The summed E-state index contributed by atoms with van der Waals surface area (Å²) in [6.45, 7) is 7.52. The van der Waals surface area contributed by atoms with E-state index in [1.807, 2.05) is 55.8 Å². The Bertz CT molecular complexity index is 1080. The van der Waals surface area contributed by atoms with Gasteiger partial charge in [0.15, 0.2) is 5.76 Å². The van der Waals surface area contributed by atoms with Crippen LogP contribution in [0, 0.1) is 0 Å². The third-order valence-electron chi connectivity index (χ3n) is 5.37. The van der Waals surface area contributed by atoms with Crippen LogP contribution in [0.1, 0.15) is 37.6 Å². The highest BCUT2D eigenvalue weighted by molar-refractivity contribution is 5.75. The summed E-state index contributed by atoms with van der Waals surface area (Å²) in [6, 6.07) is 10.1. The Morgan fingerprint density at radius 2 is 1.90 bits per heavy atom. The molecule has 29 heavy (non-hydrogen) atoms. The number of hydrogen-bond acceptors (Lipinski definition) is 5. The van der Waals surface area contributed by atoms with Crippen molar-refractivity contribution in [3.8, 4) is 22.7 Å². The first-order valence-electron chi connectivity index (χ1n) is 10.0. The molecule has 1 aromatic carbocycles. The first kappa shape index (κ1) is 18.0. The van der Waals surface area contributed by atoms with Crippen molar-refractivity contribution < 1.29 is 14.1 Å². The van der Waals surface area contributed by atoms with Gasteiger partial charge in [0.25, 0.3) is 0 Å². The van der Waals surface area contributed by atoms with E-state index in [-0.39, 0.29) is 6.09 Å². The lowest BCUT2D eigenvalue weighted by molar-refractivity contribution is 0.0224. The van der Waals surface area contributed by atoms with Crippen molar-refractivity contribution in [3.63, 3.8) is 0 Å². The van der Waals surface area contributed by atoms with Gasteiger partial charge in [-0.2, -0.15) is 5.10 Å². The van der Waals surface area contributed by atoms with E-state index in [2.05, 4.69) is 5.16 Å². The van der Waals surface area contributed by atoms with E-state index < -0.39 is 5.60 Å². The van der Waals surface area contributed by atoms with Gasteiger partial charge in [0.2, 0.25) is 0 Å². The van der Waals surface area contributed by atoms with E-state index in [1.54, 1.807) is 4.90 Å². The van der Waals surface area contributed by atoms with Crippen molar-refractivity contribution >= 4 is 6.09 Å². The van der Waals surface area contributed by atoms with Crippen molar-refractivity contribution in [1.82, 2.24) is 19.8 Å². The average Bonchev–Trinajstić information content (AvgIpc) is 3.27. The van der Waals surface area contributed by atoms with E-state index in [0.29, 0.717) is 19.5 Å². The Labute approximate surface area is 169 Å². The van der Waals surface area contributed by atoms with Gasteiger partial charge in [0, 0.05) is 36.2 Å². The minimum atomic E-state index is -0.514. The lowest BCUT2D eigenvalue weighted by atomic mass is 9.96. The zero-order valence-electron chi connectivity index (χ0n) is 16.9. The van der Waals surface area contributed by atoms with Gasteiger partial charge in [-0.15, -0.1) is 0 Å². The van der Waals surface area contributed by atoms with Crippen LogP contribution in [-0.2, 0) is 30.7 Å². The zero-order chi connectivity index (χ0) is 20.2. The number of fused-ring (bicyclic) bond motifs is 5. The molecule has 7 nitrogen and oxygen atoms in total. The number of hydrogen-bond donors (Lipinski definition) is 0. The Kier molecular flexibility index (Phi) is 4.01. The normalized spacial score (nSPS) is 15.5. The molecule has 0 N–H and O–H groups in total. The number of aromatic nitrogens is 3. The number of carbonyl (C=O) groups excluding carboxylic acids is 1. The SMILES string of the molecule is CC(C)(C)OC(=O)N1CCc2nn3c(c2C1)-c1noc(-c2ccccc2)c1CC3. The fourth-order valence-electron chi connectivity index (χ4n) is 4.10. The summed E-state index contributed by atoms with van der Waals surface area (Å²) in [5.41, 5.74) is 5.53. The fraction of sp³-hybridized carbons (Fsp3) is 0.409. The molecule has 0 radical (unpaired) electrons. The number of rotatable bonds is 1. The molecule has 0 spiro atoms. The second kappa shape index (κ2) is 6.47. The van der Waals surface area contributed by atoms with E-state index in [0.717, 1.165) is 52.5 Å². The maximum Gasteiger partial charge on any atom is 0.410 e. The second-order valence-electron chi connectivity index (χ2n) is 8.60. The first-order chi connectivity index (χ1) is 13.9. The molecule has 0 bridgehead atoms. The zero-order valence-corrected chi connectivity index (χ0v) is 16.9. The number of aryl methyl sites for hydroxylation is 1. The van der Waals surface area contributed by atoms with Gasteiger partial charge in [0.05, 0.1) is 17.9 Å². The van der Waals surface area contributed by atoms with Gasteiger partial charge in [-0.05, 0) is 27.2 Å². The van der Waals surface area contributed by atoms with Gasteiger partial charge in [-0.25, -0.2) is 4.79 Å². The quantitative estimate of drug-likeness (QED) is 0.625. The molecule has 2 aliphatic rings. The van der Waals surface area contributed by atoms with Crippen LogP contribution in [0.2, 0.25) is 0 Å². The highest BCUT2D eigenvalue weighted by Crippen LogP contribution is 2.39. The molecule has 0 fully saturated rings. The number of ether oxygens (including phenoxy) is 1. The molecule has 0 aliphatic carbocycles. The monoisotopic (exact) mass is 392 g/mol. The van der Waals surface area contributed by atoms with Crippen LogP contribution < -0.4 is 0 Å². The lowest BCUT2D eigenvalue weighted by Crippen LogP contribution is -2.39. The maximum absolute atomic E-state index is 12.6. The Morgan fingerprint density at radius 1 is 1.10 bits per heavy atom. The molecular weight excluding hydrogens is 368 g/mol. The lowest BCUT2D eigenvalue weighted by Gasteiger charge is -2.30. The van der Waals surface area contributed by atoms with Crippen molar-refractivity contribution in [2.24, 2.45) is 0 Å². The van der Waals surface area contributed by atoms with Gasteiger partial charge in [-0.1, -0.05) is 35.5 Å². The summed E-state index contributed by atoms with van der Waals surface area (Å²) in [7, 11) is 0. The number of amides is 1. The number of carbonyl (C=O) groups is 1. The van der Waals surface area contributed by atoms with Crippen LogP contribution in [0.15, 0.2) is 34.9 Å². The molecule has 1 amide bonds. The summed E-state index contributed by atoms with van der Waals surface area (Å²) < 4.78 is 13.4. The average molecular weight is 392 g/mol. The van der Waals surface area contributed by atoms with Gasteiger partial charge in [-0.3, -0.25) is 4.68 Å². The molecule has 0 unspecified atom stereocenters. The van der Waals surface area contributed by atoms with Gasteiger partial charge in [0.1, 0.15) is 11.3 Å². The van der Waals surface area contributed by atoms with E-state index >= 15 is 0 Å². The van der Waals surface area contributed by atoms with Crippen LogP contribution in [0.3, 0.4) is 0 Å². The summed E-state index contributed by atoms with van der Waals surface area (Å²) in [6.07, 6.45) is 1.25. The Hall–Kier alpha value is -3.09. The molecule has 4 heterocycles.